The van der Waals surface area contributed by atoms with E-state index in [-0.39, 0.29) is 47.3 Å². The minimum atomic E-state index is -1.12. The van der Waals surface area contributed by atoms with E-state index in [1.54, 1.807) is 55.6 Å². The fourth-order valence-corrected chi connectivity index (χ4v) is 5.97. The maximum Gasteiger partial charge on any atom is 0.339 e. The highest BCUT2D eigenvalue weighted by atomic mass is 127. The van der Waals surface area contributed by atoms with Gasteiger partial charge >= 0.3 is 23.9 Å². The number of hydrogen-bond donors (Lipinski definition) is 1. The third-order valence-corrected chi connectivity index (χ3v) is 9.52. The summed E-state index contributed by atoms with van der Waals surface area (Å²) in [6, 6.07) is 23.9. The van der Waals surface area contributed by atoms with Gasteiger partial charge in [-0.3, -0.25) is 14.2 Å². The van der Waals surface area contributed by atoms with Crippen LogP contribution in [0.25, 0.3) is 11.3 Å². The number of alkyl halides is 1. The van der Waals surface area contributed by atoms with Crippen molar-refractivity contribution in [2.75, 3.05) is 24.8 Å². The summed E-state index contributed by atoms with van der Waals surface area (Å²) >= 11 is 2.15. The third-order valence-electron chi connectivity index (χ3n) is 9.52. The van der Waals surface area contributed by atoms with Crippen LogP contribution in [0.15, 0.2) is 114 Å². The average Bonchev–Trinajstić information content (AvgIpc) is 4.07. The number of hydrogen-bond acceptors (Lipinski definition) is 13. The quantitative estimate of drug-likeness (QED) is 0.0212. The number of carbonyl (C=O) groups is 6. The number of aryl methyl sites for hydroxylation is 2. The molecule has 0 aliphatic carbocycles. The number of carbonyl (C=O) groups excluding carboxylic acids is 5. The molecule has 6 rings (SSSR count). The largest absolute Gasteiger partial charge is 0.478 e. The molecule has 0 radical (unpaired) electrons. The standard InChI is InChI=1S/C22H21NO5.C16H18N2O3.C13H16O4.CH3I.CH4/c1-3-4-12-26-22(25)19-13-17(28-16-8-6-5-7-9-16)10-11-18(19)21-20(15(2)24)23-14-27-21;1-3-4-9-21-16(20)14-10-12(2)5-6-13(14)15(19)18-8-7-17-11-18;1-3-4-7-17-13(16)11-8-9(2)5-6-10(11)12(14)15;1-2;/h5-11,13-14H,3-4,12H2,1-2H3;5-8,10-11H,3-4,9H2,1-2H3;5-6,8H,3-4,7H2,1-2H3,(H,14,15);1H3;1H4. The van der Waals surface area contributed by atoms with Crippen LogP contribution in [0, 0.1) is 13.8 Å². The fourth-order valence-electron chi connectivity index (χ4n) is 5.97. The second-order valence-electron chi connectivity index (χ2n) is 14.9. The monoisotopic (exact) mass is 1060 g/mol. The van der Waals surface area contributed by atoms with Crippen molar-refractivity contribution in [1.82, 2.24) is 14.5 Å². The molecule has 6 aromatic rings. The van der Waals surface area contributed by atoms with Gasteiger partial charge in [-0.2, -0.15) is 0 Å². The lowest BCUT2D eigenvalue weighted by molar-refractivity contribution is 0.0485. The summed E-state index contributed by atoms with van der Waals surface area (Å²) in [5.74, 6) is -1.85. The van der Waals surface area contributed by atoms with Crippen molar-refractivity contribution in [1.29, 1.82) is 0 Å². The Hall–Kier alpha value is -6.95. The van der Waals surface area contributed by atoms with E-state index in [2.05, 4.69) is 32.6 Å². The number of halogens is 1. The van der Waals surface area contributed by atoms with Gasteiger partial charge in [0.15, 0.2) is 23.6 Å². The van der Waals surface area contributed by atoms with Crippen LogP contribution in [0.2, 0.25) is 0 Å². The first-order valence-corrected chi connectivity index (χ1v) is 24.1. The number of imidazole rings is 1. The Morgan fingerprint density at radius 1 is 0.652 bits per heavy atom. The number of unbranched alkanes of at least 4 members (excludes halogenated alkanes) is 3. The first kappa shape index (κ1) is 58.2. The van der Waals surface area contributed by atoms with E-state index in [4.69, 9.17) is 28.5 Å². The number of para-hydroxylation sites is 1. The van der Waals surface area contributed by atoms with E-state index in [0.29, 0.717) is 48.0 Å². The number of nitrogens with zero attached hydrogens (tertiary/aromatic N) is 3. The lowest BCUT2D eigenvalue weighted by Gasteiger charge is -2.12. The molecule has 4 aromatic carbocycles. The Bertz CT molecular complexity index is 2570. The summed E-state index contributed by atoms with van der Waals surface area (Å²) in [5.41, 5.74) is 3.31. The molecular formula is C53H62IN3O12. The molecule has 0 spiro atoms. The molecule has 15 nitrogen and oxygen atoms in total. The summed E-state index contributed by atoms with van der Waals surface area (Å²) in [7, 11) is 0. The molecule has 0 fully saturated rings. The molecule has 368 valence electrons. The predicted molar refractivity (Wildman–Crippen MR) is 272 cm³/mol. The minimum Gasteiger partial charge on any atom is -0.478 e. The van der Waals surface area contributed by atoms with Gasteiger partial charge in [-0.15, -0.1) is 0 Å². The zero-order chi connectivity index (χ0) is 50.0. The molecule has 0 unspecified atom stereocenters. The van der Waals surface area contributed by atoms with E-state index in [1.807, 2.05) is 63.0 Å². The second-order valence-corrected chi connectivity index (χ2v) is 14.9. The maximum atomic E-state index is 12.7. The Kier molecular flexibility index (Phi) is 26.3. The van der Waals surface area contributed by atoms with Crippen LogP contribution in [-0.2, 0) is 14.2 Å². The molecule has 0 aliphatic rings. The number of carboxylic acids is 1. The molecule has 0 aliphatic heterocycles. The van der Waals surface area contributed by atoms with Crippen LogP contribution >= 0.6 is 22.6 Å². The van der Waals surface area contributed by atoms with Crippen LogP contribution in [-0.4, -0.2) is 80.0 Å². The topological polar surface area (TPSA) is 203 Å². The first-order valence-electron chi connectivity index (χ1n) is 22.0. The smallest absolute Gasteiger partial charge is 0.339 e. The van der Waals surface area contributed by atoms with Gasteiger partial charge in [0.2, 0.25) is 0 Å². The lowest BCUT2D eigenvalue weighted by atomic mass is 10.0. The zero-order valence-corrected chi connectivity index (χ0v) is 41.6. The third kappa shape index (κ3) is 18.2. The number of Topliss-reactive ketones (excluding diaryl/α,β-unsaturated/α-hetero) is 1. The molecule has 1 N–H and O–H groups in total. The molecule has 0 bridgehead atoms. The summed E-state index contributed by atoms with van der Waals surface area (Å²) in [6.07, 6.45) is 10.8. The van der Waals surface area contributed by atoms with Crippen molar-refractivity contribution in [3.05, 3.63) is 155 Å². The van der Waals surface area contributed by atoms with E-state index in [0.717, 1.165) is 49.7 Å². The van der Waals surface area contributed by atoms with Crippen LogP contribution in [0.1, 0.15) is 147 Å². The molecule has 69 heavy (non-hydrogen) atoms. The maximum absolute atomic E-state index is 12.7. The average molecular weight is 1060 g/mol. The highest BCUT2D eigenvalue weighted by Crippen LogP contribution is 2.32. The van der Waals surface area contributed by atoms with E-state index in [1.165, 1.54) is 42.5 Å². The Labute approximate surface area is 417 Å². The van der Waals surface area contributed by atoms with Gasteiger partial charge in [0.05, 0.1) is 47.6 Å². The zero-order valence-electron chi connectivity index (χ0n) is 39.4. The minimum absolute atomic E-state index is 0. The van der Waals surface area contributed by atoms with Gasteiger partial charge in [0.25, 0.3) is 5.91 Å². The number of esters is 3. The Morgan fingerprint density at radius 2 is 1.17 bits per heavy atom. The van der Waals surface area contributed by atoms with Crippen LogP contribution in [0.4, 0.5) is 0 Å². The Morgan fingerprint density at radius 3 is 1.67 bits per heavy atom. The number of aromatic nitrogens is 3. The summed E-state index contributed by atoms with van der Waals surface area (Å²) in [5, 5.41) is 8.97. The molecular weight excluding hydrogens is 997 g/mol. The number of oxazole rings is 1. The van der Waals surface area contributed by atoms with Gasteiger partial charge < -0.3 is 28.5 Å². The van der Waals surface area contributed by atoms with Gasteiger partial charge in [-0.05, 0) is 92.6 Å². The summed E-state index contributed by atoms with van der Waals surface area (Å²) in [6.45, 7) is 12.1. The number of ether oxygens (including phenoxy) is 4. The van der Waals surface area contributed by atoms with Crippen molar-refractivity contribution in [2.24, 2.45) is 0 Å². The highest BCUT2D eigenvalue weighted by Gasteiger charge is 2.24. The van der Waals surface area contributed by atoms with Crippen molar-refractivity contribution >= 4 is 58.2 Å². The van der Waals surface area contributed by atoms with E-state index >= 15 is 0 Å². The van der Waals surface area contributed by atoms with Crippen LogP contribution in [0.3, 0.4) is 0 Å². The molecule has 16 heteroatoms. The molecule has 0 amide bonds. The van der Waals surface area contributed by atoms with Gasteiger partial charge in [0.1, 0.15) is 17.8 Å². The van der Waals surface area contributed by atoms with Crippen molar-refractivity contribution < 1.29 is 57.2 Å². The predicted octanol–water partition coefficient (Wildman–Crippen LogP) is 12.5. The van der Waals surface area contributed by atoms with Crippen LogP contribution in [0.5, 0.6) is 11.5 Å². The van der Waals surface area contributed by atoms with E-state index < -0.39 is 23.9 Å². The van der Waals surface area contributed by atoms with Gasteiger partial charge in [-0.1, -0.05) is 112 Å². The molecule has 0 saturated heterocycles. The number of rotatable bonds is 18. The number of benzene rings is 4. The van der Waals surface area contributed by atoms with Crippen molar-refractivity contribution in [2.45, 2.75) is 87.5 Å². The number of ketones is 1. The second kappa shape index (κ2) is 31.2. The number of carboxylic acid groups (broad SMARTS) is 1. The number of aromatic carboxylic acids is 1. The van der Waals surface area contributed by atoms with Crippen LogP contribution < -0.4 is 4.74 Å². The normalized spacial score (nSPS) is 9.97. The summed E-state index contributed by atoms with van der Waals surface area (Å²) < 4.78 is 28.2. The highest BCUT2D eigenvalue weighted by molar-refractivity contribution is 14.1. The van der Waals surface area contributed by atoms with Crippen molar-refractivity contribution in [3.8, 4) is 22.8 Å². The van der Waals surface area contributed by atoms with Gasteiger partial charge in [-0.25, -0.2) is 29.1 Å². The molecule has 2 aromatic heterocycles. The van der Waals surface area contributed by atoms with Crippen molar-refractivity contribution in [3.63, 3.8) is 0 Å². The lowest BCUT2D eigenvalue weighted by Crippen LogP contribution is -2.17. The van der Waals surface area contributed by atoms with E-state index in [9.17, 15) is 28.8 Å². The molecule has 0 atom stereocenters. The Balaban J connectivity index is 0.000000357. The first-order chi connectivity index (χ1) is 32.8. The molecule has 2 heterocycles. The van der Waals surface area contributed by atoms with Gasteiger partial charge in [0, 0.05) is 24.9 Å². The fraction of sp³-hybridized carbons (Fsp3) is 0.321. The molecule has 0 saturated carbocycles. The summed E-state index contributed by atoms with van der Waals surface area (Å²) in [4.78, 5) is 81.5. The SMILES string of the molecule is C.CCCCOC(=O)c1cc(C)ccc1C(=O)O.CCCCOC(=O)c1cc(C)ccc1C(=O)n1ccnc1.CCCCOC(=O)c1cc(Oc2ccccc2)ccc1-c1ocnc1C(C)=O.CI.